The van der Waals surface area contributed by atoms with E-state index in [1.165, 1.54) is 13.4 Å². The highest BCUT2D eigenvalue weighted by molar-refractivity contribution is 7.80. The van der Waals surface area contributed by atoms with E-state index in [1.807, 2.05) is 11.8 Å². The van der Waals surface area contributed by atoms with Gasteiger partial charge in [-0.3, -0.25) is 9.69 Å². The molecule has 1 unspecified atom stereocenters. The molecular formula is C12H19N5O2S. The number of nitrogens with zero attached hydrogens (tertiary/aromatic N) is 3. The standard InChI is InChI=1S/C12H19N5O2S/c1-8(10(13)20)16-3-5-17(6-4-16)11-9(19-2)12(18)15-7-14-11/h7-8H,3-6H2,1-2H3,(H2,13,20)(H,14,15,18). The number of hydrogen-bond donors (Lipinski definition) is 2. The third kappa shape index (κ3) is 2.91. The van der Waals surface area contributed by atoms with Gasteiger partial charge in [-0.2, -0.15) is 0 Å². The summed E-state index contributed by atoms with van der Waals surface area (Å²) in [5.41, 5.74) is 5.41. The number of nitrogens with two attached hydrogens (primary N) is 1. The Balaban J connectivity index is 2.10. The molecule has 1 saturated heterocycles. The molecule has 1 aromatic rings. The van der Waals surface area contributed by atoms with Crippen LogP contribution in [0, 0.1) is 0 Å². The number of nitrogens with one attached hydrogen (secondary N) is 1. The number of anilines is 1. The molecule has 8 heteroatoms. The van der Waals surface area contributed by atoms with Crippen LogP contribution in [0.5, 0.6) is 5.75 Å². The van der Waals surface area contributed by atoms with Gasteiger partial charge in [-0.25, -0.2) is 4.98 Å². The first kappa shape index (κ1) is 14.7. The van der Waals surface area contributed by atoms with Crippen LogP contribution < -0.4 is 20.9 Å². The number of aromatic amines is 1. The molecule has 3 N–H and O–H groups in total. The third-order valence-electron chi connectivity index (χ3n) is 3.57. The fraction of sp³-hybridized carbons (Fsp3) is 0.583. The van der Waals surface area contributed by atoms with E-state index in [2.05, 4.69) is 14.9 Å². The van der Waals surface area contributed by atoms with Crippen molar-refractivity contribution in [3.05, 3.63) is 16.7 Å². The van der Waals surface area contributed by atoms with Crippen molar-refractivity contribution in [2.24, 2.45) is 5.73 Å². The first-order valence-corrected chi connectivity index (χ1v) is 6.85. The SMILES string of the molecule is COc1c(N2CCN(C(C)C(N)=S)CC2)nc[nH]c1=O. The van der Waals surface area contributed by atoms with Crippen LogP contribution in [0.2, 0.25) is 0 Å². The maximum atomic E-state index is 11.7. The van der Waals surface area contributed by atoms with E-state index in [4.69, 9.17) is 22.7 Å². The van der Waals surface area contributed by atoms with Crippen molar-refractivity contribution >= 4 is 23.0 Å². The molecule has 0 saturated carbocycles. The molecule has 0 amide bonds. The Hall–Kier alpha value is -1.67. The summed E-state index contributed by atoms with van der Waals surface area (Å²) in [4.78, 5) is 23.2. The Morgan fingerprint density at radius 3 is 2.70 bits per heavy atom. The molecule has 0 spiro atoms. The lowest BCUT2D eigenvalue weighted by Gasteiger charge is -2.38. The zero-order valence-corrected chi connectivity index (χ0v) is 12.4. The topological polar surface area (TPSA) is 87.5 Å². The van der Waals surface area contributed by atoms with Crippen molar-refractivity contribution in [2.45, 2.75) is 13.0 Å². The van der Waals surface area contributed by atoms with E-state index < -0.39 is 0 Å². The average Bonchev–Trinajstić information content (AvgIpc) is 2.46. The first-order chi connectivity index (χ1) is 9.54. The van der Waals surface area contributed by atoms with Gasteiger partial charge in [0.2, 0.25) is 5.75 Å². The van der Waals surface area contributed by atoms with Gasteiger partial charge in [0, 0.05) is 26.2 Å². The van der Waals surface area contributed by atoms with Crippen LogP contribution in [0.15, 0.2) is 11.1 Å². The van der Waals surface area contributed by atoms with Gasteiger partial charge in [0.05, 0.1) is 24.5 Å². The van der Waals surface area contributed by atoms with E-state index in [9.17, 15) is 4.79 Å². The molecule has 1 aliphatic rings. The number of methoxy groups -OCH3 is 1. The van der Waals surface area contributed by atoms with E-state index in [0.29, 0.717) is 10.8 Å². The fourth-order valence-electron chi connectivity index (χ4n) is 2.29. The molecular weight excluding hydrogens is 278 g/mol. The number of piperazine rings is 1. The van der Waals surface area contributed by atoms with E-state index in [1.54, 1.807) is 0 Å². The zero-order valence-electron chi connectivity index (χ0n) is 11.6. The second kappa shape index (κ2) is 6.19. The van der Waals surface area contributed by atoms with Gasteiger partial charge in [-0.05, 0) is 6.92 Å². The van der Waals surface area contributed by atoms with Crippen molar-refractivity contribution < 1.29 is 4.74 Å². The molecule has 0 aliphatic carbocycles. The lowest BCUT2D eigenvalue weighted by Crippen LogP contribution is -2.53. The van der Waals surface area contributed by atoms with Crippen LogP contribution in [-0.2, 0) is 0 Å². The Bertz CT molecular complexity index is 539. The van der Waals surface area contributed by atoms with Gasteiger partial charge in [0.1, 0.15) is 0 Å². The molecule has 1 aromatic heterocycles. The van der Waals surface area contributed by atoms with Gasteiger partial charge in [0.25, 0.3) is 5.56 Å². The molecule has 110 valence electrons. The fourth-order valence-corrected chi connectivity index (χ4v) is 2.44. The van der Waals surface area contributed by atoms with Crippen LogP contribution in [0.1, 0.15) is 6.92 Å². The van der Waals surface area contributed by atoms with E-state index >= 15 is 0 Å². The van der Waals surface area contributed by atoms with Crippen molar-refractivity contribution in [1.29, 1.82) is 0 Å². The lowest BCUT2D eigenvalue weighted by atomic mass is 10.2. The Kier molecular flexibility index (Phi) is 4.56. The molecule has 7 nitrogen and oxygen atoms in total. The Labute approximate surface area is 122 Å². The number of H-pyrrole nitrogens is 1. The largest absolute Gasteiger partial charge is 0.489 e. The normalized spacial score (nSPS) is 17.8. The Morgan fingerprint density at radius 1 is 1.50 bits per heavy atom. The summed E-state index contributed by atoms with van der Waals surface area (Å²) >= 11 is 5.02. The first-order valence-electron chi connectivity index (χ1n) is 6.44. The van der Waals surface area contributed by atoms with Crippen molar-refractivity contribution in [1.82, 2.24) is 14.9 Å². The predicted molar refractivity (Wildman–Crippen MR) is 81.4 cm³/mol. The van der Waals surface area contributed by atoms with Crippen LogP contribution in [0.25, 0.3) is 0 Å². The van der Waals surface area contributed by atoms with Crippen LogP contribution in [0.4, 0.5) is 5.82 Å². The maximum Gasteiger partial charge on any atom is 0.295 e. The summed E-state index contributed by atoms with van der Waals surface area (Å²) in [6.07, 6.45) is 1.39. The highest BCUT2D eigenvalue weighted by Crippen LogP contribution is 2.22. The maximum absolute atomic E-state index is 11.7. The van der Waals surface area contributed by atoms with Crippen LogP contribution in [0.3, 0.4) is 0 Å². The summed E-state index contributed by atoms with van der Waals surface area (Å²) in [6, 6.07) is 0.0844. The van der Waals surface area contributed by atoms with Gasteiger partial charge >= 0.3 is 0 Å². The van der Waals surface area contributed by atoms with E-state index in [-0.39, 0.29) is 17.4 Å². The molecule has 0 aromatic carbocycles. The summed E-state index contributed by atoms with van der Waals surface area (Å²) in [5.74, 6) is 0.835. The molecule has 1 atom stereocenters. The quantitative estimate of drug-likeness (QED) is 0.729. The van der Waals surface area contributed by atoms with Crippen molar-refractivity contribution in [3.63, 3.8) is 0 Å². The van der Waals surface area contributed by atoms with Crippen LogP contribution in [-0.4, -0.2) is 59.2 Å². The number of rotatable bonds is 4. The smallest absolute Gasteiger partial charge is 0.295 e. The van der Waals surface area contributed by atoms with Gasteiger partial charge in [-0.15, -0.1) is 0 Å². The third-order valence-corrected chi connectivity index (χ3v) is 3.91. The monoisotopic (exact) mass is 297 g/mol. The number of ether oxygens (including phenoxy) is 1. The number of hydrogen-bond acceptors (Lipinski definition) is 6. The lowest BCUT2D eigenvalue weighted by molar-refractivity contribution is 0.238. The summed E-state index contributed by atoms with van der Waals surface area (Å²) in [6.45, 7) is 5.13. The highest BCUT2D eigenvalue weighted by atomic mass is 32.1. The molecule has 20 heavy (non-hydrogen) atoms. The summed E-state index contributed by atoms with van der Waals surface area (Å²) < 4.78 is 5.14. The van der Waals surface area contributed by atoms with Gasteiger partial charge in [0.15, 0.2) is 5.82 Å². The molecule has 1 fully saturated rings. The Morgan fingerprint density at radius 2 is 2.15 bits per heavy atom. The number of aromatic nitrogens is 2. The van der Waals surface area contributed by atoms with Crippen LogP contribution >= 0.6 is 12.2 Å². The van der Waals surface area contributed by atoms with E-state index in [0.717, 1.165) is 26.2 Å². The van der Waals surface area contributed by atoms with Crippen molar-refractivity contribution in [2.75, 3.05) is 38.2 Å². The molecule has 0 bridgehead atoms. The van der Waals surface area contributed by atoms with Crippen molar-refractivity contribution in [3.8, 4) is 5.75 Å². The summed E-state index contributed by atoms with van der Waals surface area (Å²) in [5, 5.41) is 0. The minimum atomic E-state index is -0.267. The minimum Gasteiger partial charge on any atom is -0.489 e. The second-order valence-electron chi connectivity index (χ2n) is 4.69. The molecule has 2 rings (SSSR count). The predicted octanol–water partition coefficient (Wildman–Crippen LogP) is -0.425. The van der Waals surface area contributed by atoms with Gasteiger partial charge < -0.3 is 20.4 Å². The average molecular weight is 297 g/mol. The minimum absolute atomic E-state index is 0.0844. The molecule has 2 heterocycles. The molecule has 0 radical (unpaired) electrons. The molecule has 1 aliphatic heterocycles. The van der Waals surface area contributed by atoms with Gasteiger partial charge in [-0.1, -0.05) is 12.2 Å². The summed E-state index contributed by atoms with van der Waals surface area (Å²) in [7, 11) is 1.47. The second-order valence-corrected chi connectivity index (χ2v) is 5.16. The zero-order chi connectivity index (χ0) is 14.7. The number of thiocarbonyl (C=S) groups is 1. The highest BCUT2D eigenvalue weighted by Gasteiger charge is 2.25.